The molecule has 126 valence electrons. The average molecular weight is 429 g/mol. The van der Waals surface area contributed by atoms with Crippen molar-refractivity contribution in [2.45, 2.75) is 58.6 Å². The fraction of sp³-hybridized carbons (Fsp3) is 0.933. The highest BCUT2D eigenvalue weighted by Crippen LogP contribution is 2.27. The number of hydrogen-bond donors (Lipinski definition) is 3. The quantitative estimate of drug-likeness (QED) is 0.331. The molecule has 2 unspecified atom stereocenters. The fourth-order valence-corrected chi connectivity index (χ4v) is 3.44. The third kappa shape index (κ3) is 9.13. The number of aliphatic imine (C=N–C) groups is 1. The van der Waals surface area contributed by atoms with Gasteiger partial charge in [0, 0.05) is 18.3 Å². The van der Waals surface area contributed by atoms with Crippen LogP contribution < -0.4 is 10.6 Å². The monoisotopic (exact) mass is 429 g/mol. The minimum Gasteiger partial charge on any atom is -0.387 e. The maximum atomic E-state index is 10.3. The molecular formula is C15H32IN3OS. The predicted octanol–water partition coefficient (Wildman–Crippen LogP) is 2.85. The van der Waals surface area contributed by atoms with Crippen LogP contribution in [0, 0.1) is 5.92 Å². The van der Waals surface area contributed by atoms with E-state index in [2.05, 4.69) is 43.3 Å². The van der Waals surface area contributed by atoms with Gasteiger partial charge >= 0.3 is 0 Å². The number of rotatable bonds is 7. The van der Waals surface area contributed by atoms with Crippen molar-refractivity contribution in [3.8, 4) is 0 Å². The van der Waals surface area contributed by atoms with E-state index in [0.29, 0.717) is 12.6 Å². The molecule has 0 aromatic carbocycles. The SMILES string of the molecule is CCNC(=NCC1(O)CCSC1)NC(C)CCC(C)C.I. The summed E-state index contributed by atoms with van der Waals surface area (Å²) in [7, 11) is 0. The van der Waals surface area contributed by atoms with E-state index < -0.39 is 5.60 Å². The Balaban J connectivity index is 0.00000400. The molecule has 1 aliphatic heterocycles. The van der Waals surface area contributed by atoms with Gasteiger partial charge in [0.15, 0.2) is 5.96 Å². The van der Waals surface area contributed by atoms with Crippen molar-refractivity contribution in [3.05, 3.63) is 0 Å². The molecule has 1 fully saturated rings. The minimum absolute atomic E-state index is 0. The summed E-state index contributed by atoms with van der Waals surface area (Å²) in [6.07, 6.45) is 3.21. The van der Waals surface area contributed by atoms with Crippen LogP contribution in [-0.4, -0.2) is 47.3 Å². The fourth-order valence-electron chi connectivity index (χ4n) is 2.16. The Morgan fingerprint density at radius 3 is 2.57 bits per heavy atom. The summed E-state index contributed by atoms with van der Waals surface area (Å²) in [6.45, 7) is 10.1. The third-order valence-electron chi connectivity index (χ3n) is 3.52. The molecule has 4 nitrogen and oxygen atoms in total. The molecule has 0 aromatic rings. The Kier molecular flexibility index (Phi) is 11.1. The van der Waals surface area contributed by atoms with Crippen molar-refractivity contribution in [1.29, 1.82) is 0 Å². The van der Waals surface area contributed by atoms with E-state index in [1.54, 1.807) is 0 Å². The molecule has 1 aliphatic rings. The summed E-state index contributed by atoms with van der Waals surface area (Å²) in [6, 6.07) is 0.405. The molecule has 1 saturated heterocycles. The zero-order valence-electron chi connectivity index (χ0n) is 13.8. The van der Waals surface area contributed by atoms with E-state index in [-0.39, 0.29) is 24.0 Å². The van der Waals surface area contributed by atoms with Crippen LogP contribution in [-0.2, 0) is 0 Å². The van der Waals surface area contributed by atoms with Crippen LogP contribution in [0.25, 0.3) is 0 Å². The molecule has 0 aromatic heterocycles. The van der Waals surface area contributed by atoms with Crippen molar-refractivity contribution >= 4 is 41.7 Å². The lowest BCUT2D eigenvalue weighted by Gasteiger charge is -2.22. The first kappa shape index (κ1) is 21.3. The van der Waals surface area contributed by atoms with Crippen LogP contribution in [0.1, 0.15) is 47.0 Å². The molecular weight excluding hydrogens is 397 g/mol. The molecule has 21 heavy (non-hydrogen) atoms. The summed E-state index contributed by atoms with van der Waals surface area (Å²) in [5.41, 5.74) is -0.603. The molecule has 2 atom stereocenters. The normalized spacial score (nSPS) is 23.8. The third-order valence-corrected chi connectivity index (χ3v) is 4.75. The number of hydrogen-bond acceptors (Lipinski definition) is 3. The Morgan fingerprint density at radius 1 is 1.33 bits per heavy atom. The van der Waals surface area contributed by atoms with Gasteiger partial charge in [0.2, 0.25) is 0 Å². The van der Waals surface area contributed by atoms with Crippen molar-refractivity contribution in [3.63, 3.8) is 0 Å². The van der Waals surface area contributed by atoms with Crippen molar-refractivity contribution in [1.82, 2.24) is 10.6 Å². The molecule has 0 spiro atoms. The summed E-state index contributed by atoms with van der Waals surface area (Å²) < 4.78 is 0. The van der Waals surface area contributed by atoms with Crippen LogP contribution in [0.5, 0.6) is 0 Å². The van der Waals surface area contributed by atoms with Gasteiger partial charge in [-0.3, -0.25) is 4.99 Å². The van der Waals surface area contributed by atoms with E-state index in [4.69, 9.17) is 0 Å². The molecule has 0 saturated carbocycles. The molecule has 0 radical (unpaired) electrons. The van der Waals surface area contributed by atoms with Gasteiger partial charge in [-0.15, -0.1) is 24.0 Å². The lowest BCUT2D eigenvalue weighted by atomic mass is 10.0. The van der Waals surface area contributed by atoms with Crippen molar-refractivity contribution in [2.75, 3.05) is 24.6 Å². The number of nitrogens with zero attached hydrogens (tertiary/aromatic N) is 1. The second-order valence-electron chi connectivity index (χ2n) is 6.24. The van der Waals surface area contributed by atoms with Gasteiger partial charge in [0.05, 0.1) is 12.1 Å². The predicted molar refractivity (Wildman–Crippen MR) is 105 cm³/mol. The molecule has 0 amide bonds. The Morgan fingerprint density at radius 2 is 2.05 bits per heavy atom. The van der Waals surface area contributed by atoms with Crippen LogP contribution in [0.3, 0.4) is 0 Å². The van der Waals surface area contributed by atoms with E-state index >= 15 is 0 Å². The van der Waals surface area contributed by atoms with Crippen LogP contribution in [0.15, 0.2) is 4.99 Å². The first-order chi connectivity index (χ1) is 9.45. The molecule has 0 aliphatic carbocycles. The first-order valence-electron chi connectivity index (χ1n) is 7.80. The van der Waals surface area contributed by atoms with Gasteiger partial charge in [0.25, 0.3) is 0 Å². The summed E-state index contributed by atoms with van der Waals surface area (Å²) in [5, 5.41) is 17.0. The maximum absolute atomic E-state index is 10.3. The van der Waals surface area contributed by atoms with E-state index in [0.717, 1.165) is 42.8 Å². The van der Waals surface area contributed by atoms with E-state index in [9.17, 15) is 5.11 Å². The van der Waals surface area contributed by atoms with E-state index in [1.165, 1.54) is 6.42 Å². The van der Waals surface area contributed by atoms with Crippen LogP contribution in [0.4, 0.5) is 0 Å². The highest BCUT2D eigenvalue weighted by atomic mass is 127. The summed E-state index contributed by atoms with van der Waals surface area (Å²) in [5.74, 6) is 3.41. The standard InChI is InChI=1S/C15H31N3OS.HI/c1-5-16-14(18-13(4)7-6-12(2)3)17-10-15(19)8-9-20-11-15;/h12-13,19H,5-11H2,1-4H3,(H2,16,17,18);1H. The van der Waals surface area contributed by atoms with Gasteiger partial charge in [-0.25, -0.2) is 0 Å². The second kappa shape index (κ2) is 10.9. The summed E-state index contributed by atoms with van der Waals surface area (Å²) in [4.78, 5) is 4.57. The highest BCUT2D eigenvalue weighted by Gasteiger charge is 2.31. The number of aliphatic hydroxyl groups is 1. The first-order valence-corrected chi connectivity index (χ1v) is 8.95. The van der Waals surface area contributed by atoms with E-state index in [1.807, 2.05) is 11.8 Å². The average Bonchev–Trinajstić information content (AvgIpc) is 2.81. The highest BCUT2D eigenvalue weighted by molar-refractivity contribution is 14.0. The molecule has 1 heterocycles. The van der Waals surface area contributed by atoms with Crippen molar-refractivity contribution < 1.29 is 5.11 Å². The smallest absolute Gasteiger partial charge is 0.191 e. The molecule has 0 bridgehead atoms. The Bertz CT molecular complexity index is 307. The van der Waals surface area contributed by atoms with Gasteiger partial charge in [-0.1, -0.05) is 13.8 Å². The van der Waals surface area contributed by atoms with Gasteiger partial charge in [-0.05, 0) is 44.8 Å². The number of thioether (sulfide) groups is 1. The second-order valence-corrected chi connectivity index (χ2v) is 7.34. The van der Waals surface area contributed by atoms with Gasteiger partial charge in [0.1, 0.15) is 0 Å². The topological polar surface area (TPSA) is 56.7 Å². The number of guanidine groups is 1. The molecule has 3 N–H and O–H groups in total. The lowest BCUT2D eigenvalue weighted by Crippen LogP contribution is -2.44. The van der Waals surface area contributed by atoms with Crippen LogP contribution in [0.2, 0.25) is 0 Å². The zero-order valence-corrected chi connectivity index (χ0v) is 17.0. The molecule has 6 heteroatoms. The summed E-state index contributed by atoms with van der Waals surface area (Å²) >= 11 is 1.81. The minimum atomic E-state index is -0.603. The van der Waals surface area contributed by atoms with Gasteiger partial charge in [-0.2, -0.15) is 11.8 Å². The largest absolute Gasteiger partial charge is 0.387 e. The lowest BCUT2D eigenvalue weighted by molar-refractivity contribution is 0.0778. The maximum Gasteiger partial charge on any atom is 0.191 e. The Labute approximate surface area is 151 Å². The van der Waals surface area contributed by atoms with Crippen LogP contribution >= 0.6 is 35.7 Å². The van der Waals surface area contributed by atoms with Gasteiger partial charge < -0.3 is 15.7 Å². The van der Waals surface area contributed by atoms with Crippen molar-refractivity contribution in [2.24, 2.45) is 10.9 Å². The molecule has 1 rings (SSSR count). The number of halogens is 1. The zero-order chi connectivity index (χ0) is 15.0. The number of nitrogens with one attached hydrogen (secondary N) is 2. The Hall–Kier alpha value is 0.310.